The van der Waals surface area contributed by atoms with Crippen LogP contribution in [0.5, 0.6) is 0 Å². The molecule has 24 heavy (non-hydrogen) atoms. The molecular formula is C16H18F3NO4. The Morgan fingerprint density at radius 3 is 2.29 bits per heavy atom. The van der Waals surface area contributed by atoms with Gasteiger partial charge < -0.3 is 9.47 Å². The highest BCUT2D eigenvalue weighted by atomic mass is 19.4. The van der Waals surface area contributed by atoms with Crippen LogP contribution in [0.2, 0.25) is 0 Å². The molecular weight excluding hydrogens is 327 g/mol. The van der Waals surface area contributed by atoms with Gasteiger partial charge in [0.1, 0.15) is 6.04 Å². The van der Waals surface area contributed by atoms with Crippen LogP contribution in [0.1, 0.15) is 18.5 Å². The maximum Gasteiger partial charge on any atom is 0.394 e. The van der Waals surface area contributed by atoms with Crippen LogP contribution < -0.4 is 5.32 Å². The van der Waals surface area contributed by atoms with Crippen molar-refractivity contribution in [1.29, 1.82) is 0 Å². The Hall–Kier alpha value is -2.09. The highest BCUT2D eigenvalue weighted by Gasteiger charge is 2.62. The maximum atomic E-state index is 13.6. The van der Waals surface area contributed by atoms with E-state index < -0.39 is 42.0 Å². The van der Waals surface area contributed by atoms with E-state index in [0.29, 0.717) is 5.56 Å². The number of halogens is 3. The summed E-state index contributed by atoms with van der Waals surface area (Å²) in [5, 5.41) is 2.61. The molecule has 1 aromatic carbocycles. The number of ether oxygens (including phenoxy) is 2. The van der Waals surface area contributed by atoms with Crippen LogP contribution in [-0.2, 0) is 19.1 Å². The van der Waals surface area contributed by atoms with E-state index in [4.69, 9.17) is 4.74 Å². The van der Waals surface area contributed by atoms with Gasteiger partial charge in [0.2, 0.25) is 0 Å². The fourth-order valence-corrected chi connectivity index (χ4v) is 3.03. The van der Waals surface area contributed by atoms with E-state index in [1.54, 1.807) is 30.3 Å². The summed E-state index contributed by atoms with van der Waals surface area (Å²) in [7, 11) is 1.01. The quantitative estimate of drug-likeness (QED) is 0.848. The summed E-state index contributed by atoms with van der Waals surface area (Å²) < 4.78 is 50.1. The van der Waals surface area contributed by atoms with Gasteiger partial charge in [-0.05, 0) is 12.5 Å². The topological polar surface area (TPSA) is 64.6 Å². The molecule has 1 fully saturated rings. The molecule has 2 rings (SSSR count). The van der Waals surface area contributed by atoms with Crippen molar-refractivity contribution in [1.82, 2.24) is 5.32 Å². The van der Waals surface area contributed by atoms with Crippen molar-refractivity contribution in [2.24, 2.45) is 11.8 Å². The van der Waals surface area contributed by atoms with Crippen LogP contribution in [0.15, 0.2) is 30.3 Å². The molecule has 1 aromatic rings. The number of esters is 2. The molecule has 0 amide bonds. The minimum Gasteiger partial charge on any atom is -0.468 e. The Balaban J connectivity index is 2.49. The zero-order chi connectivity index (χ0) is 17.9. The van der Waals surface area contributed by atoms with Gasteiger partial charge in [-0.3, -0.25) is 14.9 Å². The second-order valence-corrected chi connectivity index (χ2v) is 5.40. The third-order valence-electron chi connectivity index (χ3n) is 4.01. The van der Waals surface area contributed by atoms with Gasteiger partial charge in [0.15, 0.2) is 0 Å². The van der Waals surface area contributed by atoms with Crippen molar-refractivity contribution in [3.05, 3.63) is 35.9 Å². The van der Waals surface area contributed by atoms with Gasteiger partial charge in [-0.1, -0.05) is 30.3 Å². The largest absolute Gasteiger partial charge is 0.468 e. The highest BCUT2D eigenvalue weighted by molar-refractivity contribution is 5.81. The molecule has 5 nitrogen and oxygen atoms in total. The summed E-state index contributed by atoms with van der Waals surface area (Å²) in [4.78, 5) is 24.1. The average molecular weight is 345 g/mol. The summed E-state index contributed by atoms with van der Waals surface area (Å²) in [5.74, 6) is -5.86. The van der Waals surface area contributed by atoms with E-state index in [9.17, 15) is 22.8 Å². The maximum absolute atomic E-state index is 13.6. The Bertz CT molecular complexity index is 591. The molecule has 8 heteroatoms. The molecule has 0 saturated carbocycles. The standard InChI is InChI=1S/C16H18F3NO4/c1-3-24-14(21)10-11(16(17,18)19)13(15(22)23-2)20-12(10)9-7-5-4-6-8-9/h4-8,10-13,20H,3H2,1-2H3/t10-,11-,12-,13-/m1/s1. The summed E-state index contributed by atoms with van der Waals surface area (Å²) in [6.45, 7) is 1.46. The van der Waals surface area contributed by atoms with Crippen molar-refractivity contribution in [2.75, 3.05) is 13.7 Å². The molecule has 1 heterocycles. The Morgan fingerprint density at radius 1 is 1.17 bits per heavy atom. The Labute approximate surface area is 137 Å². The zero-order valence-corrected chi connectivity index (χ0v) is 13.2. The SMILES string of the molecule is CCOC(=O)[C@@H]1[C@@H](C(F)(F)F)[C@H](C(=O)OC)N[C@@H]1c1ccccc1. The molecule has 1 aliphatic heterocycles. The van der Waals surface area contributed by atoms with E-state index in [0.717, 1.165) is 7.11 Å². The minimum atomic E-state index is -4.77. The second-order valence-electron chi connectivity index (χ2n) is 5.40. The van der Waals surface area contributed by atoms with E-state index >= 15 is 0 Å². The Morgan fingerprint density at radius 2 is 1.79 bits per heavy atom. The van der Waals surface area contributed by atoms with Gasteiger partial charge in [0.25, 0.3) is 0 Å². The molecule has 0 aromatic heterocycles. The number of nitrogens with one attached hydrogen (secondary N) is 1. The summed E-state index contributed by atoms with van der Waals surface area (Å²) in [6, 6.07) is 5.52. The predicted molar refractivity (Wildman–Crippen MR) is 77.8 cm³/mol. The number of hydrogen-bond acceptors (Lipinski definition) is 5. The van der Waals surface area contributed by atoms with Crippen LogP contribution in [0.25, 0.3) is 0 Å². The van der Waals surface area contributed by atoms with Crippen LogP contribution in [0, 0.1) is 11.8 Å². The molecule has 1 aliphatic rings. The van der Waals surface area contributed by atoms with Crippen LogP contribution in [0.3, 0.4) is 0 Å². The molecule has 132 valence electrons. The number of rotatable bonds is 4. The van der Waals surface area contributed by atoms with Crippen molar-refractivity contribution < 1.29 is 32.2 Å². The van der Waals surface area contributed by atoms with Crippen LogP contribution >= 0.6 is 0 Å². The predicted octanol–water partition coefficient (Wildman–Crippen LogP) is 2.23. The number of carbonyl (C=O) groups is 2. The second kappa shape index (κ2) is 7.21. The first-order valence-corrected chi connectivity index (χ1v) is 7.43. The van der Waals surface area contributed by atoms with E-state index in [-0.39, 0.29) is 6.61 Å². The lowest BCUT2D eigenvalue weighted by Crippen LogP contribution is -2.45. The van der Waals surface area contributed by atoms with Crippen molar-refractivity contribution >= 4 is 11.9 Å². The van der Waals surface area contributed by atoms with Crippen LogP contribution in [0.4, 0.5) is 13.2 Å². The summed E-state index contributed by atoms with van der Waals surface area (Å²) >= 11 is 0. The van der Waals surface area contributed by atoms with Crippen molar-refractivity contribution in [2.45, 2.75) is 25.2 Å². The number of alkyl halides is 3. The summed E-state index contributed by atoms with van der Waals surface area (Å²) in [5.41, 5.74) is 0.469. The number of methoxy groups -OCH3 is 1. The van der Waals surface area contributed by atoms with Crippen LogP contribution in [-0.4, -0.2) is 37.9 Å². The van der Waals surface area contributed by atoms with E-state index in [2.05, 4.69) is 10.1 Å². The highest BCUT2D eigenvalue weighted by Crippen LogP contribution is 2.46. The fraction of sp³-hybridized carbons (Fsp3) is 0.500. The lowest BCUT2D eigenvalue weighted by atomic mass is 9.84. The smallest absolute Gasteiger partial charge is 0.394 e. The molecule has 0 radical (unpaired) electrons. The first-order valence-electron chi connectivity index (χ1n) is 7.43. The van der Waals surface area contributed by atoms with Gasteiger partial charge in [0.05, 0.1) is 25.6 Å². The molecule has 0 spiro atoms. The van der Waals surface area contributed by atoms with Gasteiger partial charge in [-0.25, -0.2) is 0 Å². The zero-order valence-electron chi connectivity index (χ0n) is 13.2. The number of benzene rings is 1. The normalized spacial score (nSPS) is 26.9. The van der Waals surface area contributed by atoms with E-state index in [1.807, 2.05) is 0 Å². The van der Waals surface area contributed by atoms with Gasteiger partial charge in [0, 0.05) is 6.04 Å². The van der Waals surface area contributed by atoms with Crippen molar-refractivity contribution in [3.8, 4) is 0 Å². The van der Waals surface area contributed by atoms with Gasteiger partial charge in [-0.15, -0.1) is 0 Å². The summed E-state index contributed by atoms with van der Waals surface area (Å²) in [6.07, 6.45) is -4.77. The molecule has 1 N–H and O–H groups in total. The first kappa shape index (κ1) is 18.3. The van der Waals surface area contributed by atoms with Gasteiger partial charge in [-0.2, -0.15) is 13.2 Å². The molecule has 4 atom stereocenters. The molecule has 0 aliphatic carbocycles. The lowest BCUT2D eigenvalue weighted by Gasteiger charge is -2.25. The van der Waals surface area contributed by atoms with Gasteiger partial charge >= 0.3 is 18.1 Å². The first-order chi connectivity index (χ1) is 11.3. The Kier molecular flexibility index (Phi) is 5.48. The number of carbonyl (C=O) groups excluding carboxylic acids is 2. The molecule has 1 saturated heterocycles. The monoisotopic (exact) mass is 345 g/mol. The molecule has 0 bridgehead atoms. The third-order valence-corrected chi connectivity index (χ3v) is 4.01. The third kappa shape index (κ3) is 3.53. The number of hydrogen-bond donors (Lipinski definition) is 1. The molecule has 0 unspecified atom stereocenters. The average Bonchev–Trinajstić information content (AvgIpc) is 2.96. The lowest BCUT2D eigenvalue weighted by molar-refractivity contribution is -0.200. The van der Waals surface area contributed by atoms with Crippen molar-refractivity contribution in [3.63, 3.8) is 0 Å². The fourth-order valence-electron chi connectivity index (χ4n) is 3.03. The minimum absolute atomic E-state index is 0.0513. The van der Waals surface area contributed by atoms with E-state index in [1.165, 1.54) is 6.92 Å².